The van der Waals surface area contributed by atoms with Crippen LogP contribution in [0.3, 0.4) is 0 Å². The first-order valence-corrected chi connectivity index (χ1v) is 7.17. The van der Waals surface area contributed by atoms with Gasteiger partial charge in [-0.05, 0) is 60.7 Å². The third-order valence-corrected chi connectivity index (χ3v) is 4.43. The third-order valence-electron chi connectivity index (χ3n) is 3.45. The molecule has 0 unspecified atom stereocenters. The number of nitrogens with zero attached hydrogens (tertiary/aromatic N) is 1. The largest absolute Gasteiger partial charge is 0.398 e. The highest BCUT2D eigenvalue weighted by molar-refractivity contribution is 7.99. The van der Waals surface area contributed by atoms with Crippen LogP contribution in [0.5, 0.6) is 0 Å². The van der Waals surface area contributed by atoms with E-state index in [-0.39, 0.29) is 0 Å². The fourth-order valence-corrected chi connectivity index (χ4v) is 3.37. The van der Waals surface area contributed by atoms with Gasteiger partial charge < -0.3 is 5.73 Å². The molecule has 2 aromatic carbocycles. The minimum absolute atomic E-state index is 0.542. The highest BCUT2D eigenvalue weighted by Crippen LogP contribution is 2.33. The van der Waals surface area contributed by atoms with Crippen LogP contribution in [0.1, 0.15) is 23.1 Å². The maximum absolute atomic E-state index is 9.00. The van der Waals surface area contributed by atoms with Crippen LogP contribution < -0.4 is 5.73 Å². The van der Waals surface area contributed by atoms with Gasteiger partial charge in [-0.3, -0.25) is 0 Å². The molecule has 2 aromatic rings. The molecule has 2 nitrogen and oxygen atoms in total. The van der Waals surface area contributed by atoms with Gasteiger partial charge in [0.15, 0.2) is 0 Å². The molecule has 0 atom stereocenters. The molecule has 3 rings (SSSR count). The van der Waals surface area contributed by atoms with E-state index in [2.05, 4.69) is 24.3 Å². The van der Waals surface area contributed by atoms with Gasteiger partial charge in [0.05, 0.1) is 5.56 Å². The van der Waals surface area contributed by atoms with Crippen molar-refractivity contribution >= 4 is 17.4 Å². The summed E-state index contributed by atoms with van der Waals surface area (Å²) in [6, 6.07) is 14.4. The zero-order valence-corrected chi connectivity index (χ0v) is 11.3. The standard InChI is InChI=1S/C16H14N2S/c17-10-13-9-15(6-7-16(13)18)19-14-5-4-11-2-1-3-12(11)8-14/h4-9H,1-3,18H2. The zero-order valence-electron chi connectivity index (χ0n) is 10.5. The van der Waals surface area contributed by atoms with Crippen molar-refractivity contribution in [3.8, 4) is 6.07 Å². The average Bonchev–Trinajstić information content (AvgIpc) is 2.88. The van der Waals surface area contributed by atoms with Gasteiger partial charge in [-0.2, -0.15) is 5.26 Å². The molecule has 3 heteroatoms. The number of nitriles is 1. The summed E-state index contributed by atoms with van der Waals surface area (Å²) in [5.74, 6) is 0. The summed E-state index contributed by atoms with van der Waals surface area (Å²) in [5.41, 5.74) is 9.78. The Morgan fingerprint density at radius 2 is 1.74 bits per heavy atom. The van der Waals surface area contributed by atoms with Crippen LogP contribution in [0.25, 0.3) is 0 Å². The van der Waals surface area contributed by atoms with Crippen LogP contribution >= 0.6 is 11.8 Å². The van der Waals surface area contributed by atoms with Gasteiger partial charge in [-0.1, -0.05) is 17.8 Å². The smallest absolute Gasteiger partial charge is 0.101 e. The molecule has 0 aromatic heterocycles. The van der Waals surface area contributed by atoms with E-state index in [1.165, 1.54) is 35.3 Å². The lowest BCUT2D eigenvalue weighted by Gasteiger charge is -2.06. The number of benzene rings is 2. The van der Waals surface area contributed by atoms with E-state index in [1.54, 1.807) is 17.8 Å². The summed E-state index contributed by atoms with van der Waals surface area (Å²) in [4.78, 5) is 2.29. The molecule has 94 valence electrons. The van der Waals surface area contributed by atoms with E-state index in [9.17, 15) is 0 Å². The molecule has 0 radical (unpaired) electrons. The van der Waals surface area contributed by atoms with Crippen molar-refractivity contribution < 1.29 is 0 Å². The number of fused-ring (bicyclic) bond motifs is 1. The molecule has 1 aliphatic rings. The summed E-state index contributed by atoms with van der Waals surface area (Å²) in [5, 5.41) is 9.00. The second-order valence-corrected chi connectivity index (χ2v) is 5.89. The van der Waals surface area contributed by atoms with Crippen LogP contribution in [-0.4, -0.2) is 0 Å². The number of nitrogen functional groups attached to an aromatic ring is 1. The van der Waals surface area contributed by atoms with Gasteiger partial charge in [-0.15, -0.1) is 0 Å². The summed E-state index contributed by atoms with van der Waals surface area (Å²) in [6.07, 6.45) is 3.67. The van der Waals surface area contributed by atoms with Gasteiger partial charge in [0.25, 0.3) is 0 Å². The molecule has 19 heavy (non-hydrogen) atoms. The zero-order chi connectivity index (χ0) is 13.2. The predicted molar refractivity (Wildman–Crippen MR) is 78.2 cm³/mol. The molecule has 0 bridgehead atoms. The van der Waals surface area contributed by atoms with Gasteiger partial charge in [0, 0.05) is 15.5 Å². The number of rotatable bonds is 2. The van der Waals surface area contributed by atoms with Gasteiger partial charge >= 0.3 is 0 Å². The predicted octanol–water partition coefficient (Wildman–Crippen LogP) is 3.78. The van der Waals surface area contributed by atoms with Crippen molar-refractivity contribution in [2.45, 2.75) is 29.1 Å². The summed E-state index contributed by atoms with van der Waals surface area (Å²) in [6.45, 7) is 0. The summed E-state index contributed by atoms with van der Waals surface area (Å²) >= 11 is 1.69. The molecular weight excluding hydrogens is 252 g/mol. The Bertz CT molecular complexity index is 671. The minimum Gasteiger partial charge on any atom is -0.398 e. The molecule has 0 amide bonds. The first-order valence-electron chi connectivity index (χ1n) is 6.35. The van der Waals surface area contributed by atoms with E-state index >= 15 is 0 Å². The van der Waals surface area contributed by atoms with Gasteiger partial charge in [-0.25, -0.2) is 0 Å². The second-order valence-electron chi connectivity index (χ2n) is 4.75. The van der Waals surface area contributed by atoms with E-state index in [1.807, 2.05) is 12.1 Å². The lowest BCUT2D eigenvalue weighted by molar-refractivity contribution is 0.911. The Kier molecular flexibility index (Phi) is 3.18. The molecule has 1 aliphatic carbocycles. The second kappa shape index (κ2) is 4.99. The van der Waals surface area contributed by atoms with Crippen LogP contribution in [0.2, 0.25) is 0 Å². The summed E-state index contributed by atoms with van der Waals surface area (Å²) in [7, 11) is 0. The van der Waals surface area contributed by atoms with Crippen molar-refractivity contribution in [2.75, 3.05) is 5.73 Å². The van der Waals surface area contributed by atoms with Gasteiger partial charge in [0.1, 0.15) is 6.07 Å². The molecule has 0 fully saturated rings. The molecule has 0 aliphatic heterocycles. The maximum atomic E-state index is 9.00. The van der Waals surface area contributed by atoms with E-state index in [0.717, 1.165) is 4.90 Å². The molecule has 0 saturated carbocycles. The van der Waals surface area contributed by atoms with Crippen molar-refractivity contribution in [3.05, 3.63) is 53.1 Å². The normalized spacial score (nSPS) is 13.0. The van der Waals surface area contributed by atoms with Crippen molar-refractivity contribution in [2.24, 2.45) is 0 Å². The Labute approximate surface area is 117 Å². The van der Waals surface area contributed by atoms with E-state index in [4.69, 9.17) is 11.0 Å². The molecule has 0 saturated heterocycles. The fourth-order valence-electron chi connectivity index (χ4n) is 2.44. The lowest BCUT2D eigenvalue weighted by Crippen LogP contribution is -1.90. The fraction of sp³-hybridized carbons (Fsp3) is 0.188. The lowest BCUT2D eigenvalue weighted by atomic mass is 10.1. The monoisotopic (exact) mass is 266 g/mol. The quantitative estimate of drug-likeness (QED) is 0.841. The number of nitrogens with two attached hydrogens (primary N) is 1. The number of anilines is 1. The maximum Gasteiger partial charge on any atom is 0.101 e. The van der Waals surface area contributed by atoms with E-state index < -0.39 is 0 Å². The molecular formula is C16H14N2S. The van der Waals surface area contributed by atoms with Gasteiger partial charge in [0.2, 0.25) is 0 Å². The van der Waals surface area contributed by atoms with Crippen molar-refractivity contribution in [1.29, 1.82) is 5.26 Å². The van der Waals surface area contributed by atoms with E-state index in [0.29, 0.717) is 11.3 Å². The number of aryl methyl sites for hydroxylation is 2. The first-order chi connectivity index (χ1) is 9.26. The van der Waals surface area contributed by atoms with Crippen molar-refractivity contribution in [1.82, 2.24) is 0 Å². The van der Waals surface area contributed by atoms with Crippen LogP contribution in [0.15, 0.2) is 46.2 Å². The number of hydrogen-bond donors (Lipinski definition) is 1. The SMILES string of the molecule is N#Cc1cc(Sc2ccc3c(c2)CCC3)ccc1N. The third kappa shape index (κ3) is 2.45. The van der Waals surface area contributed by atoms with Crippen molar-refractivity contribution in [3.63, 3.8) is 0 Å². The first kappa shape index (κ1) is 12.1. The minimum atomic E-state index is 0.542. The Morgan fingerprint density at radius 1 is 1.00 bits per heavy atom. The molecule has 2 N–H and O–H groups in total. The Morgan fingerprint density at radius 3 is 2.58 bits per heavy atom. The number of hydrogen-bond acceptors (Lipinski definition) is 3. The van der Waals surface area contributed by atoms with Crippen LogP contribution in [0, 0.1) is 11.3 Å². The Hall–Kier alpha value is -1.92. The summed E-state index contributed by atoms with van der Waals surface area (Å²) < 4.78 is 0. The average molecular weight is 266 g/mol. The topological polar surface area (TPSA) is 49.8 Å². The van der Waals surface area contributed by atoms with Crippen LogP contribution in [0.4, 0.5) is 5.69 Å². The highest BCUT2D eigenvalue weighted by atomic mass is 32.2. The molecule has 0 spiro atoms. The Balaban J connectivity index is 1.87. The molecule has 0 heterocycles. The van der Waals surface area contributed by atoms with Crippen LogP contribution in [-0.2, 0) is 12.8 Å². The highest BCUT2D eigenvalue weighted by Gasteiger charge is 2.11.